The van der Waals surface area contributed by atoms with Crippen LogP contribution in [0, 0.1) is 0 Å². The third kappa shape index (κ3) is 3.45. The number of rotatable bonds is 5. The molecule has 1 amide bonds. The molecule has 1 N–H and O–H groups in total. The van der Waals surface area contributed by atoms with Crippen LogP contribution in [-0.2, 0) is 9.53 Å². The largest absolute Gasteiger partial charge is 0.385 e. The van der Waals surface area contributed by atoms with Crippen LogP contribution in [-0.4, -0.2) is 36.2 Å². The molecular weight excluding hydrogens is 340 g/mol. The Bertz CT molecular complexity index is 560. The van der Waals surface area contributed by atoms with Crippen LogP contribution in [0.15, 0.2) is 34.4 Å². The van der Waals surface area contributed by atoms with Gasteiger partial charge in [0.1, 0.15) is 5.70 Å². The summed E-state index contributed by atoms with van der Waals surface area (Å²) in [4.78, 5) is 13.8. The molecule has 20 heavy (non-hydrogen) atoms. The number of nitrogens with one attached hydrogen (secondary N) is 1. The summed E-state index contributed by atoms with van der Waals surface area (Å²) < 4.78 is 5.92. The summed E-state index contributed by atoms with van der Waals surface area (Å²) in [5, 5.41) is 3.41. The van der Waals surface area contributed by atoms with Gasteiger partial charge in [-0.15, -0.1) is 0 Å². The van der Waals surface area contributed by atoms with Gasteiger partial charge >= 0.3 is 0 Å². The average Bonchev–Trinajstić information content (AvgIpc) is 2.69. The van der Waals surface area contributed by atoms with E-state index in [0.717, 1.165) is 16.5 Å². The molecule has 0 spiro atoms. The van der Waals surface area contributed by atoms with Crippen molar-refractivity contribution in [3.63, 3.8) is 0 Å². The van der Waals surface area contributed by atoms with Crippen LogP contribution in [0.1, 0.15) is 12.0 Å². The predicted octanol–water partition coefficient (Wildman–Crippen LogP) is 2.54. The first-order chi connectivity index (χ1) is 9.63. The molecule has 1 aromatic carbocycles. The summed E-state index contributed by atoms with van der Waals surface area (Å²) in [6.45, 7) is 1.17. The molecule has 0 bridgehead atoms. The number of carbonyl (C=O) groups is 1. The minimum atomic E-state index is -0.0955. The number of thiocarbonyl (C=S) groups is 1. The molecule has 2 rings (SSSR count). The molecule has 0 aliphatic carbocycles. The van der Waals surface area contributed by atoms with Crippen molar-refractivity contribution in [1.82, 2.24) is 10.2 Å². The van der Waals surface area contributed by atoms with E-state index in [1.807, 2.05) is 24.3 Å². The molecule has 0 aromatic heterocycles. The van der Waals surface area contributed by atoms with Crippen molar-refractivity contribution in [2.45, 2.75) is 6.42 Å². The molecule has 106 valence electrons. The van der Waals surface area contributed by atoms with Gasteiger partial charge in [-0.05, 0) is 36.3 Å². The fourth-order valence-corrected chi connectivity index (χ4v) is 2.57. The highest BCUT2D eigenvalue weighted by molar-refractivity contribution is 9.10. The van der Waals surface area contributed by atoms with Crippen molar-refractivity contribution in [3.05, 3.63) is 40.0 Å². The Morgan fingerprint density at radius 1 is 1.45 bits per heavy atom. The highest BCUT2D eigenvalue weighted by Crippen LogP contribution is 2.21. The van der Waals surface area contributed by atoms with Crippen molar-refractivity contribution in [3.8, 4) is 0 Å². The van der Waals surface area contributed by atoms with Gasteiger partial charge in [-0.25, -0.2) is 0 Å². The number of benzene rings is 1. The molecular formula is C14H15BrN2O2S. The summed E-state index contributed by atoms with van der Waals surface area (Å²) in [6.07, 6.45) is 2.56. The molecule has 0 unspecified atom stereocenters. The fourth-order valence-electron chi connectivity index (χ4n) is 1.89. The third-order valence-corrected chi connectivity index (χ3v) is 3.94. The van der Waals surface area contributed by atoms with E-state index >= 15 is 0 Å². The van der Waals surface area contributed by atoms with E-state index < -0.39 is 0 Å². The zero-order valence-corrected chi connectivity index (χ0v) is 13.5. The maximum absolute atomic E-state index is 12.3. The monoisotopic (exact) mass is 354 g/mol. The first kappa shape index (κ1) is 15.2. The molecule has 4 nitrogen and oxygen atoms in total. The number of amides is 1. The summed E-state index contributed by atoms with van der Waals surface area (Å²) >= 11 is 8.65. The number of hydrogen-bond donors (Lipinski definition) is 1. The third-order valence-electron chi connectivity index (χ3n) is 2.90. The van der Waals surface area contributed by atoms with Crippen molar-refractivity contribution in [1.29, 1.82) is 0 Å². The van der Waals surface area contributed by atoms with Crippen molar-refractivity contribution < 1.29 is 9.53 Å². The summed E-state index contributed by atoms with van der Waals surface area (Å²) in [7, 11) is 1.64. The fraction of sp³-hybridized carbons (Fsp3) is 0.286. The van der Waals surface area contributed by atoms with Gasteiger partial charge in [-0.2, -0.15) is 0 Å². The molecule has 1 fully saturated rings. The van der Waals surface area contributed by atoms with E-state index in [-0.39, 0.29) is 5.91 Å². The Labute approximate surface area is 131 Å². The number of halogens is 1. The van der Waals surface area contributed by atoms with Crippen LogP contribution in [0.4, 0.5) is 0 Å². The first-order valence-corrected chi connectivity index (χ1v) is 7.41. The maximum Gasteiger partial charge on any atom is 0.276 e. The van der Waals surface area contributed by atoms with Gasteiger partial charge in [0.25, 0.3) is 5.91 Å². The van der Waals surface area contributed by atoms with E-state index in [2.05, 4.69) is 21.2 Å². The van der Waals surface area contributed by atoms with Gasteiger partial charge in [0.2, 0.25) is 0 Å². The number of nitrogens with zero attached hydrogens (tertiary/aromatic N) is 1. The van der Waals surface area contributed by atoms with E-state index in [4.69, 9.17) is 17.0 Å². The Morgan fingerprint density at radius 3 is 2.90 bits per heavy atom. The Kier molecular flexibility index (Phi) is 5.28. The van der Waals surface area contributed by atoms with Crippen LogP contribution in [0.5, 0.6) is 0 Å². The molecule has 1 aliphatic rings. The van der Waals surface area contributed by atoms with Crippen molar-refractivity contribution in [2.24, 2.45) is 0 Å². The molecule has 6 heteroatoms. The smallest absolute Gasteiger partial charge is 0.276 e. The molecule has 1 aromatic rings. The average molecular weight is 355 g/mol. The van der Waals surface area contributed by atoms with Gasteiger partial charge < -0.3 is 10.1 Å². The van der Waals surface area contributed by atoms with Gasteiger partial charge in [0.15, 0.2) is 5.11 Å². The Hall–Kier alpha value is -1.24. The highest BCUT2D eigenvalue weighted by atomic mass is 79.9. The van der Waals surface area contributed by atoms with Crippen molar-refractivity contribution in [2.75, 3.05) is 20.3 Å². The number of ether oxygens (including phenoxy) is 1. The van der Waals surface area contributed by atoms with Crippen LogP contribution >= 0.6 is 28.1 Å². The van der Waals surface area contributed by atoms with E-state index in [1.165, 1.54) is 0 Å². The van der Waals surface area contributed by atoms with E-state index in [9.17, 15) is 4.79 Å². The summed E-state index contributed by atoms with van der Waals surface area (Å²) in [6, 6.07) is 7.71. The van der Waals surface area contributed by atoms with Gasteiger partial charge in [-0.3, -0.25) is 9.69 Å². The van der Waals surface area contributed by atoms with E-state index in [0.29, 0.717) is 24.0 Å². The SMILES string of the molecule is COCCCN1C(=O)/C(=C\c2ccccc2Br)NC1=S. The lowest BCUT2D eigenvalue weighted by Gasteiger charge is -2.12. The first-order valence-electron chi connectivity index (χ1n) is 6.21. The van der Waals surface area contributed by atoms with Crippen LogP contribution in [0.2, 0.25) is 0 Å². The zero-order chi connectivity index (χ0) is 14.5. The molecule has 1 aliphatic heterocycles. The summed E-state index contributed by atoms with van der Waals surface area (Å²) in [5.41, 5.74) is 1.43. The van der Waals surface area contributed by atoms with Gasteiger partial charge in [-0.1, -0.05) is 34.1 Å². The van der Waals surface area contributed by atoms with Crippen molar-refractivity contribution >= 4 is 45.2 Å². The second kappa shape index (κ2) is 6.97. The lowest BCUT2D eigenvalue weighted by molar-refractivity contribution is -0.122. The second-order valence-corrected chi connectivity index (χ2v) is 5.55. The standard InChI is InChI=1S/C14H15BrN2O2S/c1-19-8-4-7-17-13(18)12(16-14(17)20)9-10-5-2-3-6-11(10)15/h2-3,5-6,9H,4,7-8H2,1H3,(H,16,20)/b12-9+. The second-order valence-electron chi connectivity index (χ2n) is 4.31. The van der Waals surface area contributed by atoms with Crippen LogP contribution in [0.25, 0.3) is 6.08 Å². The molecule has 1 heterocycles. The lowest BCUT2D eigenvalue weighted by atomic mass is 10.2. The Balaban J connectivity index is 2.13. The minimum Gasteiger partial charge on any atom is -0.385 e. The normalized spacial score (nSPS) is 16.9. The van der Waals surface area contributed by atoms with Crippen LogP contribution in [0.3, 0.4) is 0 Å². The van der Waals surface area contributed by atoms with Gasteiger partial charge in [0, 0.05) is 24.7 Å². The maximum atomic E-state index is 12.3. The molecule has 1 saturated heterocycles. The predicted molar refractivity (Wildman–Crippen MR) is 86.1 cm³/mol. The molecule has 0 saturated carbocycles. The zero-order valence-electron chi connectivity index (χ0n) is 11.1. The minimum absolute atomic E-state index is 0.0955. The lowest BCUT2D eigenvalue weighted by Crippen LogP contribution is -2.32. The number of methoxy groups -OCH3 is 1. The quantitative estimate of drug-likeness (QED) is 0.501. The number of hydrogen-bond acceptors (Lipinski definition) is 3. The van der Waals surface area contributed by atoms with Gasteiger partial charge in [0.05, 0.1) is 0 Å². The molecule has 0 radical (unpaired) electrons. The van der Waals surface area contributed by atoms with E-state index in [1.54, 1.807) is 18.1 Å². The molecule has 0 atom stereocenters. The topological polar surface area (TPSA) is 41.6 Å². The number of carbonyl (C=O) groups excluding carboxylic acids is 1. The van der Waals surface area contributed by atoms with Crippen LogP contribution < -0.4 is 5.32 Å². The highest BCUT2D eigenvalue weighted by Gasteiger charge is 2.30. The summed E-state index contributed by atoms with van der Waals surface area (Å²) in [5.74, 6) is -0.0955. The Morgan fingerprint density at radius 2 is 2.20 bits per heavy atom.